The molecule has 102 valence electrons. The molecule has 0 saturated heterocycles. The van der Waals surface area contributed by atoms with Crippen molar-refractivity contribution in [3.63, 3.8) is 0 Å². The Labute approximate surface area is 116 Å². The fourth-order valence-electron chi connectivity index (χ4n) is 2.97. The molecule has 0 amide bonds. The lowest BCUT2D eigenvalue weighted by Crippen LogP contribution is -2.15. The average Bonchev–Trinajstić information content (AvgIpc) is 3.14. The van der Waals surface area contributed by atoms with Gasteiger partial charge in [-0.3, -0.25) is 0 Å². The largest absolute Gasteiger partial charge is 0.241 e. The number of nitrogens with zero attached hydrogens (tertiary/aromatic N) is 6. The molecule has 0 aliphatic heterocycles. The molecule has 0 unspecified atom stereocenters. The second kappa shape index (κ2) is 4.70. The molecule has 4 rings (SSSR count). The molecular formula is C14H16N6. The van der Waals surface area contributed by atoms with Crippen molar-refractivity contribution in [3.8, 4) is 11.5 Å². The molecule has 1 fully saturated rings. The smallest absolute Gasteiger partial charge is 0.178 e. The Hall–Kier alpha value is -2.24. The highest BCUT2D eigenvalue weighted by atomic mass is 15.4. The highest BCUT2D eigenvalue weighted by Crippen LogP contribution is 2.30. The summed E-state index contributed by atoms with van der Waals surface area (Å²) < 4.78 is 3.82. The van der Waals surface area contributed by atoms with E-state index in [-0.39, 0.29) is 0 Å². The van der Waals surface area contributed by atoms with E-state index in [2.05, 4.69) is 20.2 Å². The molecule has 0 spiro atoms. The first-order valence-electron chi connectivity index (χ1n) is 7.12. The van der Waals surface area contributed by atoms with Gasteiger partial charge in [-0.2, -0.15) is 10.2 Å². The van der Waals surface area contributed by atoms with E-state index in [1.165, 1.54) is 32.1 Å². The van der Waals surface area contributed by atoms with Gasteiger partial charge in [0.2, 0.25) is 0 Å². The lowest BCUT2D eigenvalue weighted by Gasteiger charge is -2.22. The molecule has 1 saturated carbocycles. The van der Waals surface area contributed by atoms with Crippen LogP contribution >= 0.6 is 0 Å². The molecule has 0 radical (unpaired) electrons. The van der Waals surface area contributed by atoms with Crippen molar-refractivity contribution in [1.29, 1.82) is 0 Å². The zero-order chi connectivity index (χ0) is 13.4. The summed E-state index contributed by atoms with van der Waals surface area (Å²) in [5, 5.41) is 8.96. The maximum absolute atomic E-state index is 4.54. The Morgan fingerprint density at radius 2 is 2.00 bits per heavy atom. The van der Waals surface area contributed by atoms with E-state index in [9.17, 15) is 0 Å². The van der Waals surface area contributed by atoms with Crippen LogP contribution in [0, 0.1) is 0 Å². The third-order valence-corrected chi connectivity index (χ3v) is 3.96. The fourth-order valence-corrected chi connectivity index (χ4v) is 2.97. The maximum atomic E-state index is 4.54. The van der Waals surface area contributed by atoms with Gasteiger partial charge in [0.25, 0.3) is 0 Å². The van der Waals surface area contributed by atoms with E-state index in [4.69, 9.17) is 0 Å². The molecule has 0 atom stereocenters. The van der Waals surface area contributed by atoms with Crippen LogP contribution in [-0.2, 0) is 0 Å². The van der Waals surface area contributed by atoms with Gasteiger partial charge in [-0.15, -0.1) is 0 Å². The monoisotopic (exact) mass is 268 g/mol. The Balaban J connectivity index is 1.76. The molecular weight excluding hydrogens is 252 g/mol. The van der Waals surface area contributed by atoms with E-state index in [0.29, 0.717) is 6.04 Å². The van der Waals surface area contributed by atoms with Gasteiger partial charge in [0, 0.05) is 18.5 Å². The minimum absolute atomic E-state index is 0.457. The van der Waals surface area contributed by atoms with E-state index in [1.54, 1.807) is 17.0 Å². The van der Waals surface area contributed by atoms with Gasteiger partial charge in [-0.25, -0.2) is 19.2 Å². The zero-order valence-electron chi connectivity index (χ0n) is 11.2. The Kier molecular flexibility index (Phi) is 2.72. The van der Waals surface area contributed by atoms with Crippen molar-refractivity contribution in [2.75, 3.05) is 0 Å². The molecule has 1 aliphatic rings. The van der Waals surface area contributed by atoms with Crippen molar-refractivity contribution in [2.45, 2.75) is 38.1 Å². The van der Waals surface area contributed by atoms with Gasteiger partial charge >= 0.3 is 0 Å². The summed E-state index contributed by atoms with van der Waals surface area (Å²) in [4.78, 5) is 8.70. The SMILES string of the molecule is c1cnc2cc(-c3ncnn3C3CCCCC3)nn2c1. The summed E-state index contributed by atoms with van der Waals surface area (Å²) in [5.74, 6) is 0.849. The average molecular weight is 268 g/mol. The van der Waals surface area contributed by atoms with Crippen LogP contribution in [0.3, 0.4) is 0 Å². The number of aromatic nitrogens is 6. The van der Waals surface area contributed by atoms with Crippen LogP contribution in [0.4, 0.5) is 0 Å². The van der Waals surface area contributed by atoms with Gasteiger partial charge in [0.1, 0.15) is 12.0 Å². The first-order valence-corrected chi connectivity index (χ1v) is 7.12. The highest BCUT2D eigenvalue weighted by Gasteiger charge is 2.21. The van der Waals surface area contributed by atoms with Crippen molar-refractivity contribution < 1.29 is 0 Å². The standard InChI is InChI=1S/C14H16N6/c1-2-5-11(6-3-1)20-14(16-10-17-20)12-9-13-15-7-4-8-19(13)18-12/h4,7-11H,1-3,5-6H2. The molecule has 3 heterocycles. The van der Waals surface area contributed by atoms with E-state index in [0.717, 1.165) is 17.2 Å². The van der Waals surface area contributed by atoms with E-state index < -0.39 is 0 Å². The third-order valence-electron chi connectivity index (χ3n) is 3.96. The Morgan fingerprint density at radius 1 is 1.10 bits per heavy atom. The van der Waals surface area contributed by atoms with Gasteiger partial charge in [-0.05, 0) is 18.9 Å². The van der Waals surface area contributed by atoms with Crippen LogP contribution in [0.25, 0.3) is 17.2 Å². The summed E-state index contributed by atoms with van der Waals surface area (Å²) in [6.45, 7) is 0. The van der Waals surface area contributed by atoms with Crippen LogP contribution < -0.4 is 0 Å². The van der Waals surface area contributed by atoms with Crippen LogP contribution in [0.15, 0.2) is 30.9 Å². The topological polar surface area (TPSA) is 60.9 Å². The van der Waals surface area contributed by atoms with Crippen molar-refractivity contribution in [3.05, 3.63) is 30.9 Å². The fraction of sp³-hybridized carbons (Fsp3) is 0.429. The molecule has 0 N–H and O–H groups in total. The summed E-state index contributed by atoms with van der Waals surface area (Å²) in [5.41, 5.74) is 1.67. The van der Waals surface area contributed by atoms with Crippen LogP contribution in [0.1, 0.15) is 38.1 Å². The number of rotatable bonds is 2. The predicted octanol–water partition coefficient (Wildman–Crippen LogP) is 2.49. The third kappa shape index (κ3) is 1.88. The molecule has 0 aromatic carbocycles. The molecule has 0 bridgehead atoms. The number of fused-ring (bicyclic) bond motifs is 1. The predicted molar refractivity (Wildman–Crippen MR) is 74.1 cm³/mol. The van der Waals surface area contributed by atoms with Crippen molar-refractivity contribution in [1.82, 2.24) is 29.4 Å². The molecule has 3 aromatic rings. The molecule has 20 heavy (non-hydrogen) atoms. The minimum atomic E-state index is 0.457. The molecule has 3 aromatic heterocycles. The zero-order valence-corrected chi connectivity index (χ0v) is 11.2. The molecule has 6 heteroatoms. The van der Waals surface area contributed by atoms with Crippen LogP contribution in [-0.4, -0.2) is 29.4 Å². The normalized spacial score (nSPS) is 16.8. The summed E-state index contributed by atoms with van der Waals surface area (Å²) in [7, 11) is 0. The van der Waals surface area contributed by atoms with Crippen LogP contribution in [0.2, 0.25) is 0 Å². The Bertz CT molecular complexity index is 689. The van der Waals surface area contributed by atoms with E-state index >= 15 is 0 Å². The lowest BCUT2D eigenvalue weighted by atomic mass is 9.95. The minimum Gasteiger partial charge on any atom is -0.241 e. The van der Waals surface area contributed by atoms with Crippen LogP contribution in [0.5, 0.6) is 0 Å². The van der Waals surface area contributed by atoms with Gasteiger partial charge < -0.3 is 0 Å². The van der Waals surface area contributed by atoms with E-state index in [1.807, 2.05) is 23.0 Å². The summed E-state index contributed by atoms with van der Waals surface area (Å²) >= 11 is 0. The van der Waals surface area contributed by atoms with Gasteiger partial charge in [0.15, 0.2) is 11.5 Å². The van der Waals surface area contributed by atoms with Gasteiger partial charge in [-0.1, -0.05) is 19.3 Å². The van der Waals surface area contributed by atoms with Crippen molar-refractivity contribution >= 4 is 5.65 Å². The first-order chi connectivity index (χ1) is 9.92. The number of hydrogen-bond donors (Lipinski definition) is 0. The second-order valence-electron chi connectivity index (χ2n) is 5.27. The maximum Gasteiger partial charge on any atom is 0.178 e. The highest BCUT2D eigenvalue weighted by molar-refractivity contribution is 5.57. The second-order valence-corrected chi connectivity index (χ2v) is 5.27. The lowest BCUT2D eigenvalue weighted by molar-refractivity contribution is 0.331. The first kappa shape index (κ1) is 11.6. The summed E-state index contributed by atoms with van der Waals surface area (Å²) in [6, 6.07) is 4.29. The van der Waals surface area contributed by atoms with Crippen molar-refractivity contribution in [2.24, 2.45) is 0 Å². The number of hydrogen-bond acceptors (Lipinski definition) is 4. The molecule has 6 nitrogen and oxygen atoms in total. The Morgan fingerprint density at radius 3 is 2.85 bits per heavy atom. The molecule has 1 aliphatic carbocycles. The van der Waals surface area contributed by atoms with Gasteiger partial charge in [0.05, 0.1) is 6.04 Å². The quantitative estimate of drug-likeness (QED) is 0.716. The summed E-state index contributed by atoms with van der Waals surface area (Å²) in [6.07, 6.45) is 11.5.